The van der Waals surface area contributed by atoms with E-state index in [1.807, 2.05) is 4.72 Å². The van der Waals surface area contributed by atoms with Crippen LogP contribution in [0.4, 0.5) is 18.0 Å². The van der Waals surface area contributed by atoms with Crippen molar-refractivity contribution >= 4 is 16.1 Å². The first-order valence-corrected chi connectivity index (χ1v) is 18.0. The van der Waals surface area contributed by atoms with Crippen LogP contribution in [0, 0.1) is 52.3 Å². The molecule has 11 atom stereocenters. The lowest BCUT2D eigenvalue weighted by Crippen LogP contribution is -2.62. The molecule has 0 aromatic heterocycles. The molecule has 45 heavy (non-hydrogen) atoms. The van der Waals surface area contributed by atoms with Crippen molar-refractivity contribution < 1.29 is 41.3 Å². The molecule has 4 aliphatic rings. The topological polar surface area (TPSA) is 125 Å². The van der Waals surface area contributed by atoms with Crippen molar-refractivity contribution in [3.63, 3.8) is 0 Å². The van der Waals surface area contributed by atoms with Crippen molar-refractivity contribution in [3.8, 4) is 5.75 Å². The van der Waals surface area contributed by atoms with E-state index in [1.54, 1.807) is 0 Å². The minimum Gasteiger partial charge on any atom is -0.406 e. The third kappa shape index (κ3) is 6.57. The Balaban J connectivity index is 1.18. The molecule has 0 bridgehead atoms. The summed E-state index contributed by atoms with van der Waals surface area (Å²) in [7, 11) is -4.29. The normalized spacial score (nSPS) is 38.8. The largest absolute Gasteiger partial charge is 0.573 e. The molecule has 0 spiro atoms. The molecule has 0 saturated heterocycles. The van der Waals surface area contributed by atoms with Crippen LogP contribution < -0.4 is 14.8 Å². The number of carbonyl (C=O) groups excluding carboxylic acids is 1. The van der Waals surface area contributed by atoms with E-state index in [1.165, 1.54) is 0 Å². The Hall–Kier alpha value is -2.05. The average Bonchev–Trinajstić information content (AvgIpc) is 3.30. The van der Waals surface area contributed by atoms with Crippen molar-refractivity contribution in [2.75, 3.05) is 6.54 Å². The van der Waals surface area contributed by atoms with Gasteiger partial charge >= 0.3 is 12.4 Å². The molecule has 0 aliphatic heterocycles. The Labute approximate surface area is 264 Å². The minimum absolute atomic E-state index is 0.0742. The Morgan fingerprint density at radius 3 is 2.31 bits per heavy atom. The van der Waals surface area contributed by atoms with Gasteiger partial charge in [0, 0.05) is 6.54 Å². The Morgan fingerprint density at radius 2 is 1.67 bits per heavy atom. The van der Waals surface area contributed by atoms with Crippen LogP contribution in [0.3, 0.4) is 0 Å². The zero-order valence-electron chi connectivity index (χ0n) is 26.6. The van der Waals surface area contributed by atoms with Gasteiger partial charge in [0.1, 0.15) is 5.75 Å². The number of ether oxygens (including phenoxy) is 1. The fourth-order valence-corrected chi connectivity index (χ4v) is 11.5. The second kappa shape index (κ2) is 12.5. The highest BCUT2D eigenvalue weighted by Crippen LogP contribution is 2.69. The van der Waals surface area contributed by atoms with Gasteiger partial charge in [-0.3, -0.25) is 0 Å². The number of aliphatic hydroxyl groups is 2. The monoisotopic (exact) mass is 658 g/mol. The van der Waals surface area contributed by atoms with Crippen LogP contribution in [0.1, 0.15) is 85.5 Å². The molecule has 4 saturated carbocycles. The van der Waals surface area contributed by atoms with Crippen LogP contribution in [0.5, 0.6) is 5.75 Å². The van der Waals surface area contributed by atoms with E-state index in [4.69, 9.17) is 0 Å². The van der Waals surface area contributed by atoms with E-state index in [9.17, 15) is 36.6 Å². The van der Waals surface area contributed by atoms with Crippen molar-refractivity contribution in [1.82, 2.24) is 10.0 Å². The van der Waals surface area contributed by atoms with Crippen LogP contribution in [-0.4, -0.2) is 49.8 Å². The predicted octanol–water partition coefficient (Wildman–Crippen LogP) is 6.23. The number of hydrogen-bond acceptors (Lipinski definition) is 6. The molecule has 4 aliphatic carbocycles. The van der Waals surface area contributed by atoms with Gasteiger partial charge in [0.15, 0.2) is 0 Å². The predicted molar refractivity (Wildman–Crippen MR) is 162 cm³/mol. The van der Waals surface area contributed by atoms with Crippen molar-refractivity contribution in [3.05, 3.63) is 24.3 Å². The summed E-state index contributed by atoms with van der Waals surface area (Å²) in [5.74, 6) is 1.82. The highest BCUT2D eigenvalue weighted by Gasteiger charge is 2.64. The van der Waals surface area contributed by atoms with Crippen molar-refractivity contribution in [2.24, 2.45) is 52.3 Å². The number of benzene rings is 1. The van der Waals surface area contributed by atoms with Gasteiger partial charge in [0.2, 0.25) is 0 Å². The first-order valence-electron chi connectivity index (χ1n) is 16.5. The zero-order chi connectivity index (χ0) is 32.9. The summed E-state index contributed by atoms with van der Waals surface area (Å²) >= 11 is 0. The first-order chi connectivity index (χ1) is 21.0. The lowest BCUT2D eigenvalue weighted by Gasteiger charge is -2.64. The number of aliphatic hydroxyl groups excluding tert-OH is 2. The Kier molecular flexibility index (Phi) is 9.54. The van der Waals surface area contributed by atoms with E-state index in [-0.39, 0.29) is 52.2 Å². The molecular weight excluding hydrogens is 609 g/mol. The summed E-state index contributed by atoms with van der Waals surface area (Å²) in [5, 5.41) is 25.0. The van der Waals surface area contributed by atoms with Gasteiger partial charge in [0.05, 0.1) is 17.1 Å². The van der Waals surface area contributed by atoms with E-state index in [0.717, 1.165) is 75.6 Å². The molecule has 2 unspecified atom stereocenters. The smallest absolute Gasteiger partial charge is 0.406 e. The van der Waals surface area contributed by atoms with Gasteiger partial charge < -0.3 is 20.3 Å². The quantitative estimate of drug-likeness (QED) is 0.263. The van der Waals surface area contributed by atoms with Crippen LogP contribution in [0.15, 0.2) is 29.2 Å². The second-order valence-electron chi connectivity index (χ2n) is 14.8. The molecule has 4 N–H and O–H groups in total. The lowest BCUT2D eigenvalue weighted by atomic mass is 9.41. The number of sulfonamides is 1. The minimum atomic E-state index is -4.90. The van der Waals surface area contributed by atoms with Gasteiger partial charge in [-0.05, 0) is 128 Å². The number of hydrogen-bond donors (Lipinski definition) is 4. The third-order valence-corrected chi connectivity index (χ3v) is 14.0. The molecule has 12 heteroatoms. The Morgan fingerprint density at radius 1 is 1.02 bits per heavy atom. The molecule has 1 aromatic rings. The number of carbonyl (C=O) groups is 1. The molecular formula is C33H49F3N2O6S. The standard InChI is InChI=1S/C33H49F3N2O6S/c1-5-23-27-18-20(39)12-15-32(27,4)26-13-16-31(3)24(10-11-25(31)28(26)29(23)40)19(2)14-17-37-30(41)38-45(42,43)22-8-6-21(7-9-22)44-33(34,35)36/h6-9,19-20,23-29,39-40H,5,10-18H2,1-4H3,(H2,37,38,41)/t19-,20-,23-,24?,25+,26+,27+,28+,29-,31?,32-/m1/s1. The number of urea groups is 1. The number of amides is 2. The number of fused-ring (bicyclic) bond motifs is 5. The highest BCUT2D eigenvalue weighted by atomic mass is 32.2. The summed E-state index contributed by atoms with van der Waals surface area (Å²) < 4.78 is 68.0. The van der Waals surface area contributed by atoms with E-state index in [0.29, 0.717) is 30.1 Å². The molecule has 254 valence electrons. The summed E-state index contributed by atoms with van der Waals surface area (Å²) in [6.45, 7) is 9.47. The van der Waals surface area contributed by atoms with E-state index >= 15 is 0 Å². The Bertz CT molecular complexity index is 1330. The second-order valence-corrected chi connectivity index (χ2v) is 16.5. The SMILES string of the molecule is CC[C@H]1[C@@H](O)[C@H]2[C@@H]3CCC([C@H](C)CCNC(=O)NS(=O)(=O)c4ccc(OC(F)(F)F)cc4)C3(C)CC[C@@H]2[C@@]2(C)CC[C@@H](O)C[C@@H]12. The molecule has 1 aromatic carbocycles. The highest BCUT2D eigenvalue weighted by molar-refractivity contribution is 7.90. The van der Waals surface area contributed by atoms with Gasteiger partial charge in [-0.1, -0.05) is 34.1 Å². The van der Waals surface area contributed by atoms with Gasteiger partial charge in [-0.2, -0.15) is 0 Å². The first kappa shape index (κ1) is 34.3. The van der Waals surface area contributed by atoms with Crippen LogP contribution in [0.2, 0.25) is 0 Å². The maximum atomic E-state index is 12.6. The van der Waals surface area contributed by atoms with E-state index < -0.39 is 28.2 Å². The summed E-state index contributed by atoms with van der Waals surface area (Å²) in [6.07, 6.45) is 3.02. The van der Waals surface area contributed by atoms with Crippen LogP contribution in [-0.2, 0) is 10.0 Å². The summed E-state index contributed by atoms with van der Waals surface area (Å²) in [5.41, 5.74) is 0.218. The van der Waals surface area contributed by atoms with Crippen LogP contribution >= 0.6 is 0 Å². The number of rotatable bonds is 8. The van der Waals surface area contributed by atoms with Gasteiger partial charge in [-0.25, -0.2) is 17.9 Å². The van der Waals surface area contributed by atoms with E-state index in [2.05, 4.69) is 37.7 Å². The van der Waals surface area contributed by atoms with Gasteiger partial charge in [-0.15, -0.1) is 13.2 Å². The fraction of sp³-hybridized carbons (Fsp3) is 0.788. The molecule has 5 rings (SSSR count). The number of nitrogens with one attached hydrogen (secondary N) is 2. The number of halogens is 3. The fourth-order valence-electron chi connectivity index (χ4n) is 10.6. The van der Waals surface area contributed by atoms with Gasteiger partial charge in [0.25, 0.3) is 10.0 Å². The summed E-state index contributed by atoms with van der Waals surface area (Å²) in [4.78, 5) is 12.1. The summed E-state index contributed by atoms with van der Waals surface area (Å²) in [6, 6.07) is 2.73. The van der Waals surface area contributed by atoms with Crippen molar-refractivity contribution in [1.29, 1.82) is 0 Å². The lowest BCUT2D eigenvalue weighted by molar-refractivity contribution is -0.274. The zero-order valence-corrected chi connectivity index (χ0v) is 27.5. The maximum absolute atomic E-state index is 12.6. The molecule has 0 heterocycles. The third-order valence-electron chi connectivity index (χ3n) is 12.6. The van der Waals surface area contributed by atoms with Crippen molar-refractivity contribution in [2.45, 2.75) is 109 Å². The molecule has 4 fully saturated rings. The average molecular weight is 659 g/mol. The van der Waals surface area contributed by atoms with Crippen LogP contribution in [0.25, 0.3) is 0 Å². The molecule has 8 nitrogen and oxygen atoms in total. The molecule has 0 radical (unpaired) electrons. The number of alkyl halides is 3. The molecule has 2 amide bonds. The maximum Gasteiger partial charge on any atom is 0.573 e.